The van der Waals surface area contributed by atoms with Crippen molar-refractivity contribution in [2.24, 2.45) is 0 Å². The van der Waals surface area contributed by atoms with Gasteiger partial charge in [-0.25, -0.2) is 14.1 Å². The van der Waals surface area contributed by atoms with Crippen molar-refractivity contribution in [2.45, 2.75) is 0 Å². The summed E-state index contributed by atoms with van der Waals surface area (Å²) >= 11 is 0. The molecule has 0 bridgehead atoms. The molecule has 0 aliphatic carbocycles. The molecule has 4 rings (SSSR count). The number of rotatable bonds is 6. The molecule has 8 nitrogen and oxygen atoms in total. The van der Waals surface area contributed by atoms with Gasteiger partial charge in [0, 0.05) is 29.8 Å². The summed E-state index contributed by atoms with van der Waals surface area (Å²) in [5.41, 5.74) is 1.26. The van der Waals surface area contributed by atoms with Crippen molar-refractivity contribution in [3.63, 3.8) is 0 Å². The number of benzene rings is 2. The van der Waals surface area contributed by atoms with Crippen LogP contribution in [0.4, 0.5) is 15.8 Å². The Morgan fingerprint density at radius 1 is 0.969 bits per heavy atom. The number of amides is 2. The van der Waals surface area contributed by atoms with E-state index >= 15 is 0 Å². The number of pyridine rings is 1. The van der Waals surface area contributed by atoms with Crippen LogP contribution in [0, 0.1) is 5.82 Å². The molecule has 2 heterocycles. The van der Waals surface area contributed by atoms with Gasteiger partial charge in [0.25, 0.3) is 11.8 Å². The minimum atomic E-state index is -0.516. The molecule has 0 spiro atoms. The highest BCUT2D eigenvalue weighted by Crippen LogP contribution is 2.28. The van der Waals surface area contributed by atoms with Crippen LogP contribution in [-0.2, 0) is 0 Å². The number of carbonyl (C=O) groups is 2. The van der Waals surface area contributed by atoms with Gasteiger partial charge in [-0.15, -0.1) is 0 Å². The van der Waals surface area contributed by atoms with Crippen molar-refractivity contribution >= 4 is 23.2 Å². The van der Waals surface area contributed by atoms with Gasteiger partial charge in [-0.1, -0.05) is 6.07 Å². The monoisotopic (exact) mass is 431 g/mol. The minimum absolute atomic E-state index is 0.157. The second-order valence-corrected chi connectivity index (χ2v) is 6.69. The van der Waals surface area contributed by atoms with Gasteiger partial charge in [-0.05, 0) is 54.6 Å². The number of aromatic nitrogens is 3. The minimum Gasteiger partial charge on any atom is -0.495 e. The van der Waals surface area contributed by atoms with Gasteiger partial charge in [0.2, 0.25) is 0 Å². The Kier molecular flexibility index (Phi) is 5.89. The van der Waals surface area contributed by atoms with E-state index < -0.39 is 11.7 Å². The molecule has 2 aromatic heterocycles. The van der Waals surface area contributed by atoms with Crippen LogP contribution in [0.15, 0.2) is 79.3 Å². The fourth-order valence-electron chi connectivity index (χ4n) is 2.97. The lowest BCUT2D eigenvalue weighted by atomic mass is 10.2. The van der Waals surface area contributed by atoms with Crippen LogP contribution in [0.2, 0.25) is 0 Å². The summed E-state index contributed by atoms with van der Waals surface area (Å²) in [5, 5.41) is 9.53. The summed E-state index contributed by atoms with van der Waals surface area (Å²) in [7, 11) is 1.46. The normalized spacial score (nSPS) is 10.4. The zero-order valence-corrected chi connectivity index (χ0v) is 16.9. The highest BCUT2D eigenvalue weighted by Gasteiger charge is 2.13. The number of nitrogens with one attached hydrogen (secondary N) is 2. The Bertz CT molecular complexity index is 1260. The van der Waals surface area contributed by atoms with Gasteiger partial charge in [-0.3, -0.25) is 9.59 Å². The summed E-state index contributed by atoms with van der Waals surface area (Å²) in [6, 6.07) is 15.2. The van der Waals surface area contributed by atoms with E-state index in [1.807, 2.05) is 0 Å². The molecule has 9 heteroatoms. The molecule has 0 aliphatic heterocycles. The first-order chi connectivity index (χ1) is 15.5. The zero-order chi connectivity index (χ0) is 22.5. The zero-order valence-electron chi connectivity index (χ0n) is 16.9. The Morgan fingerprint density at radius 2 is 1.81 bits per heavy atom. The molecule has 0 aliphatic rings. The summed E-state index contributed by atoms with van der Waals surface area (Å²) in [4.78, 5) is 29.3. The van der Waals surface area contributed by atoms with E-state index in [9.17, 15) is 14.0 Å². The van der Waals surface area contributed by atoms with Gasteiger partial charge in [0.1, 0.15) is 11.6 Å². The largest absolute Gasteiger partial charge is 0.495 e. The van der Waals surface area contributed by atoms with Crippen molar-refractivity contribution in [1.29, 1.82) is 0 Å². The molecule has 0 atom stereocenters. The molecule has 160 valence electrons. The third-order valence-corrected chi connectivity index (χ3v) is 4.54. The van der Waals surface area contributed by atoms with Gasteiger partial charge in [0.15, 0.2) is 5.82 Å². The van der Waals surface area contributed by atoms with Crippen LogP contribution >= 0.6 is 0 Å². The van der Waals surface area contributed by atoms with Crippen molar-refractivity contribution in [1.82, 2.24) is 14.8 Å². The van der Waals surface area contributed by atoms with Crippen molar-refractivity contribution in [2.75, 3.05) is 17.7 Å². The van der Waals surface area contributed by atoms with E-state index in [2.05, 4.69) is 20.7 Å². The first-order valence-corrected chi connectivity index (χ1v) is 9.56. The Morgan fingerprint density at radius 3 is 2.50 bits per heavy atom. The molecule has 0 saturated carbocycles. The molecule has 0 saturated heterocycles. The molecule has 2 aromatic carbocycles. The summed E-state index contributed by atoms with van der Waals surface area (Å²) < 4.78 is 20.3. The van der Waals surface area contributed by atoms with Gasteiger partial charge >= 0.3 is 0 Å². The number of halogens is 1. The third kappa shape index (κ3) is 4.62. The quantitative estimate of drug-likeness (QED) is 0.482. The van der Waals surface area contributed by atoms with Crippen LogP contribution in [0.3, 0.4) is 0 Å². The molecule has 0 unspecified atom stereocenters. The summed E-state index contributed by atoms with van der Waals surface area (Å²) in [6.07, 6.45) is 4.83. The van der Waals surface area contributed by atoms with Crippen molar-refractivity contribution < 1.29 is 18.7 Å². The average Bonchev–Trinajstić information content (AvgIpc) is 3.34. The number of hydrogen-bond donors (Lipinski definition) is 2. The number of anilines is 2. The maximum absolute atomic E-state index is 13.4. The van der Waals surface area contributed by atoms with E-state index in [0.717, 1.165) is 6.07 Å². The second kappa shape index (κ2) is 9.09. The van der Waals surface area contributed by atoms with Crippen LogP contribution in [0.25, 0.3) is 5.82 Å². The fraction of sp³-hybridized carbons (Fsp3) is 0.0435. The first kappa shape index (κ1) is 20.7. The predicted molar refractivity (Wildman–Crippen MR) is 117 cm³/mol. The Hall–Kier alpha value is -4.53. The van der Waals surface area contributed by atoms with Crippen molar-refractivity contribution in [3.8, 4) is 11.6 Å². The molecule has 4 aromatic rings. The topological polar surface area (TPSA) is 98.1 Å². The van der Waals surface area contributed by atoms with E-state index in [0.29, 0.717) is 28.5 Å². The van der Waals surface area contributed by atoms with Crippen LogP contribution in [0.1, 0.15) is 20.7 Å². The van der Waals surface area contributed by atoms with Crippen molar-refractivity contribution in [3.05, 3.63) is 96.2 Å². The third-order valence-electron chi connectivity index (χ3n) is 4.54. The maximum atomic E-state index is 13.4. The Labute approximate surface area is 182 Å². The maximum Gasteiger partial charge on any atom is 0.257 e. The molecule has 0 fully saturated rings. The van der Waals surface area contributed by atoms with Crippen LogP contribution in [0.5, 0.6) is 5.75 Å². The Balaban J connectivity index is 1.50. The van der Waals surface area contributed by atoms with E-state index in [1.54, 1.807) is 53.5 Å². The van der Waals surface area contributed by atoms with Crippen LogP contribution < -0.4 is 15.4 Å². The lowest BCUT2D eigenvalue weighted by Gasteiger charge is -2.13. The number of ether oxygens (including phenoxy) is 1. The number of carbonyl (C=O) groups excluding carboxylic acids is 2. The summed E-state index contributed by atoms with van der Waals surface area (Å²) in [6.45, 7) is 0. The average molecular weight is 431 g/mol. The lowest BCUT2D eigenvalue weighted by molar-refractivity contribution is 0.101. The number of nitrogens with zero attached hydrogens (tertiary/aromatic N) is 3. The molecule has 2 amide bonds. The van der Waals surface area contributed by atoms with Gasteiger partial charge in [-0.2, -0.15) is 5.10 Å². The van der Waals surface area contributed by atoms with E-state index in [1.165, 1.54) is 31.5 Å². The second-order valence-electron chi connectivity index (χ2n) is 6.69. The molecular formula is C23H18FN5O3. The SMILES string of the molecule is COc1ccc(NC(=O)c2ccc(-n3cccn3)nc2)cc1NC(=O)c1cccc(F)c1. The first-order valence-electron chi connectivity index (χ1n) is 9.56. The van der Waals surface area contributed by atoms with E-state index in [4.69, 9.17) is 4.74 Å². The molecular weight excluding hydrogens is 413 g/mol. The lowest BCUT2D eigenvalue weighted by Crippen LogP contribution is -2.15. The summed E-state index contributed by atoms with van der Waals surface area (Å²) in [5.74, 6) is -0.434. The fourth-order valence-corrected chi connectivity index (χ4v) is 2.97. The van der Waals surface area contributed by atoms with Gasteiger partial charge < -0.3 is 15.4 Å². The molecule has 0 radical (unpaired) electrons. The highest BCUT2D eigenvalue weighted by atomic mass is 19.1. The van der Waals surface area contributed by atoms with Gasteiger partial charge in [0.05, 0.1) is 18.4 Å². The number of methoxy groups -OCH3 is 1. The standard InChI is InChI=1S/C23H18FN5O3/c1-32-20-8-7-18(13-19(20)28-22(30)15-4-2-5-17(24)12-15)27-23(31)16-6-9-21(25-14-16)29-11-3-10-26-29/h2-14H,1H3,(H,27,31)(H,28,30). The van der Waals surface area contributed by atoms with Crippen LogP contribution in [-0.4, -0.2) is 33.7 Å². The smallest absolute Gasteiger partial charge is 0.257 e. The number of hydrogen-bond acceptors (Lipinski definition) is 5. The predicted octanol–water partition coefficient (Wildman–Crippen LogP) is 3.92. The highest BCUT2D eigenvalue weighted by molar-refractivity contribution is 6.07. The molecule has 2 N–H and O–H groups in total. The van der Waals surface area contributed by atoms with E-state index in [-0.39, 0.29) is 11.5 Å². The molecule has 32 heavy (non-hydrogen) atoms.